The number of fused-ring (bicyclic) bond motifs is 1. The minimum absolute atomic E-state index is 0.00238. The van der Waals surface area contributed by atoms with Gasteiger partial charge in [0.25, 0.3) is 0 Å². The molecule has 1 aliphatic rings. The van der Waals surface area contributed by atoms with Crippen LogP contribution in [0.15, 0.2) is 35.7 Å². The third-order valence-electron chi connectivity index (χ3n) is 4.60. The lowest BCUT2D eigenvalue weighted by Gasteiger charge is -2.29. The zero-order valence-corrected chi connectivity index (χ0v) is 15.3. The van der Waals surface area contributed by atoms with Crippen LogP contribution in [0.25, 0.3) is 0 Å². The average Bonchev–Trinajstić information content (AvgIpc) is 3.09. The van der Waals surface area contributed by atoms with Crippen LogP contribution in [-0.4, -0.2) is 30.3 Å². The standard InChI is InChI=1S/C19H25N3O2S/c1-2-15(8-11-23)20-19(24)21-16-3-5-17(6-4-16)22-10-7-18-14(13-22)9-12-25-18/h3-6,9,12,15,23H,2,7-8,10-11,13H2,1H3,(H2,20,21,24)/t15-/m0/s1. The third kappa shape index (κ3) is 4.52. The number of urea groups is 1. The van der Waals surface area contributed by atoms with Crippen molar-refractivity contribution in [1.82, 2.24) is 5.32 Å². The van der Waals surface area contributed by atoms with Crippen LogP contribution >= 0.6 is 11.3 Å². The van der Waals surface area contributed by atoms with Gasteiger partial charge in [-0.1, -0.05) is 6.92 Å². The molecule has 3 rings (SSSR count). The number of benzene rings is 1. The SMILES string of the molecule is CC[C@@H](CCO)NC(=O)Nc1ccc(N2CCc3sccc3C2)cc1. The Morgan fingerprint density at radius 2 is 2.12 bits per heavy atom. The predicted molar refractivity (Wildman–Crippen MR) is 103 cm³/mol. The lowest BCUT2D eigenvalue weighted by molar-refractivity contribution is 0.237. The number of aliphatic hydroxyl groups is 1. The molecule has 1 aromatic heterocycles. The van der Waals surface area contributed by atoms with Crippen molar-refractivity contribution in [3.05, 3.63) is 46.2 Å². The highest BCUT2D eigenvalue weighted by Gasteiger charge is 2.17. The van der Waals surface area contributed by atoms with E-state index in [1.807, 2.05) is 30.4 Å². The number of aliphatic hydroxyl groups excluding tert-OH is 1. The Labute approximate surface area is 152 Å². The largest absolute Gasteiger partial charge is 0.396 e. The van der Waals surface area contributed by atoms with Gasteiger partial charge in [0.15, 0.2) is 0 Å². The number of hydrogen-bond donors (Lipinski definition) is 3. The van der Waals surface area contributed by atoms with E-state index in [4.69, 9.17) is 5.11 Å². The number of carbonyl (C=O) groups is 1. The second-order valence-electron chi connectivity index (χ2n) is 6.30. The van der Waals surface area contributed by atoms with Crippen LogP contribution < -0.4 is 15.5 Å². The number of amides is 2. The normalized spacial score (nSPS) is 14.7. The molecule has 134 valence electrons. The van der Waals surface area contributed by atoms with Crippen LogP contribution in [0.5, 0.6) is 0 Å². The first-order valence-electron chi connectivity index (χ1n) is 8.78. The van der Waals surface area contributed by atoms with Crippen molar-refractivity contribution in [2.24, 2.45) is 0 Å². The molecule has 0 radical (unpaired) electrons. The van der Waals surface area contributed by atoms with Gasteiger partial charge >= 0.3 is 6.03 Å². The molecular formula is C19H25N3O2S. The Bertz CT molecular complexity index is 699. The summed E-state index contributed by atoms with van der Waals surface area (Å²) in [5.74, 6) is 0. The van der Waals surface area contributed by atoms with Crippen LogP contribution in [0, 0.1) is 0 Å². The summed E-state index contributed by atoms with van der Waals surface area (Å²) < 4.78 is 0. The smallest absolute Gasteiger partial charge is 0.319 e. The highest BCUT2D eigenvalue weighted by atomic mass is 32.1. The van der Waals surface area contributed by atoms with Gasteiger partial charge in [-0.2, -0.15) is 0 Å². The van der Waals surface area contributed by atoms with Crippen molar-refractivity contribution >= 4 is 28.7 Å². The molecule has 0 unspecified atom stereocenters. The fourth-order valence-corrected chi connectivity index (χ4v) is 4.00. The number of thiophene rings is 1. The number of nitrogens with one attached hydrogen (secondary N) is 2. The van der Waals surface area contributed by atoms with Gasteiger partial charge in [0.2, 0.25) is 0 Å². The molecule has 0 fully saturated rings. The summed E-state index contributed by atoms with van der Waals surface area (Å²) in [5, 5.41) is 16.9. The Morgan fingerprint density at radius 1 is 1.32 bits per heavy atom. The van der Waals surface area contributed by atoms with Crippen molar-refractivity contribution in [3.63, 3.8) is 0 Å². The Hall–Kier alpha value is -2.05. The maximum Gasteiger partial charge on any atom is 0.319 e. The predicted octanol–water partition coefficient (Wildman–Crippen LogP) is 3.59. The maximum atomic E-state index is 12.0. The second-order valence-corrected chi connectivity index (χ2v) is 7.30. The molecule has 0 saturated heterocycles. The number of anilines is 2. The Morgan fingerprint density at radius 3 is 2.84 bits per heavy atom. The van der Waals surface area contributed by atoms with E-state index in [9.17, 15) is 4.79 Å². The first-order valence-corrected chi connectivity index (χ1v) is 9.66. The van der Waals surface area contributed by atoms with Gasteiger partial charge < -0.3 is 20.6 Å². The van der Waals surface area contributed by atoms with Crippen molar-refractivity contribution in [3.8, 4) is 0 Å². The average molecular weight is 359 g/mol. The fraction of sp³-hybridized carbons (Fsp3) is 0.421. The number of hydrogen-bond acceptors (Lipinski definition) is 4. The molecule has 1 atom stereocenters. The summed E-state index contributed by atoms with van der Waals surface area (Å²) in [6, 6.07) is 9.96. The van der Waals surface area contributed by atoms with Gasteiger partial charge in [-0.25, -0.2) is 4.79 Å². The summed E-state index contributed by atoms with van der Waals surface area (Å²) >= 11 is 1.85. The summed E-state index contributed by atoms with van der Waals surface area (Å²) in [5.41, 5.74) is 3.37. The molecule has 3 N–H and O–H groups in total. The van der Waals surface area contributed by atoms with Crippen molar-refractivity contribution < 1.29 is 9.90 Å². The number of carbonyl (C=O) groups excluding carboxylic acids is 1. The molecule has 0 bridgehead atoms. The monoisotopic (exact) mass is 359 g/mol. The van der Waals surface area contributed by atoms with Crippen LogP contribution in [-0.2, 0) is 13.0 Å². The fourth-order valence-electron chi connectivity index (χ4n) is 3.11. The Kier molecular flexibility index (Phi) is 5.94. The third-order valence-corrected chi connectivity index (χ3v) is 5.63. The topological polar surface area (TPSA) is 64.6 Å². The molecular weight excluding hydrogens is 334 g/mol. The van der Waals surface area contributed by atoms with Crippen molar-refractivity contribution in [2.45, 2.75) is 38.8 Å². The van der Waals surface area contributed by atoms with E-state index >= 15 is 0 Å². The molecule has 0 aliphatic carbocycles. The molecule has 6 heteroatoms. The summed E-state index contributed by atoms with van der Waals surface area (Å²) in [4.78, 5) is 15.9. The van der Waals surface area contributed by atoms with Gasteiger partial charge in [-0.15, -0.1) is 11.3 Å². The van der Waals surface area contributed by atoms with Crippen LogP contribution in [0.4, 0.5) is 16.2 Å². The quantitative estimate of drug-likeness (QED) is 0.738. The minimum atomic E-state index is -0.228. The molecule has 2 amide bonds. The van der Waals surface area contributed by atoms with E-state index < -0.39 is 0 Å². The molecule has 5 nitrogen and oxygen atoms in total. The zero-order chi connectivity index (χ0) is 17.6. The minimum Gasteiger partial charge on any atom is -0.396 e. The molecule has 1 aliphatic heterocycles. The van der Waals surface area contributed by atoms with Crippen LogP contribution in [0.2, 0.25) is 0 Å². The lowest BCUT2D eigenvalue weighted by atomic mass is 10.1. The highest BCUT2D eigenvalue weighted by Crippen LogP contribution is 2.28. The van der Waals surface area contributed by atoms with Crippen molar-refractivity contribution in [1.29, 1.82) is 0 Å². The molecule has 25 heavy (non-hydrogen) atoms. The van der Waals surface area contributed by atoms with E-state index in [1.165, 1.54) is 16.1 Å². The van der Waals surface area contributed by atoms with E-state index in [-0.39, 0.29) is 18.7 Å². The molecule has 2 aromatic rings. The van der Waals surface area contributed by atoms with Gasteiger partial charge in [0, 0.05) is 42.0 Å². The zero-order valence-electron chi connectivity index (χ0n) is 14.5. The summed E-state index contributed by atoms with van der Waals surface area (Å²) in [7, 11) is 0. The van der Waals surface area contributed by atoms with Crippen molar-refractivity contribution in [2.75, 3.05) is 23.4 Å². The van der Waals surface area contributed by atoms with E-state index in [0.29, 0.717) is 6.42 Å². The van der Waals surface area contributed by atoms with Crippen LogP contribution in [0.3, 0.4) is 0 Å². The van der Waals surface area contributed by atoms with E-state index in [0.717, 1.165) is 31.6 Å². The van der Waals surface area contributed by atoms with Gasteiger partial charge in [-0.3, -0.25) is 0 Å². The highest BCUT2D eigenvalue weighted by molar-refractivity contribution is 7.10. The maximum absolute atomic E-state index is 12.0. The number of nitrogens with zero attached hydrogens (tertiary/aromatic N) is 1. The van der Waals surface area contributed by atoms with Crippen LogP contribution in [0.1, 0.15) is 30.2 Å². The molecule has 2 heterocycles. The van der Waals surface area contributed by atoms with Gasteiger partial charge in [-0.05, 0) is 60.5 Å². The molecule has 1 aromatic carbocycles. The number of rotatable bonds is 6. The first kappa shape index (κ1) is 17.8. The summed E-state index contributed by atoms with van der Waals surface area (Å²) in [6.07, 6.45) is 2.47. The van der Waals surface area contributed by atoms with Gasteiger partial charge in [0.05, 0.1) is 0 Å². The first-order chi connectivity index (χ1) is 12.2. The van der Waals surface area contributed by atoms with Gasteiger partial charge in [0.1, 0.15) is 0 Å². The lowest BCUT2D eigenvalue weighted by Crippen LogP contribution is -2.38. The van der Waals surface area contributed by atoms with E-state index in [1.54, 1.807) is 0 Å². The molecule has 0 saturated carbocycles. The summed E-state index contributed by atoms with van der Waals surface area (Å²) in [6.45, 7) is 4.05. The molecule has 0 spiro atoms. The Balaban J connectivity index is 1.56. The van der Waals surface area contributed by atoms with E-state index in [2.05, 4.69) is 39.1 Å². The second kappa shape index (κ2) is 8.36.